The molecular weight excluding hydrogens is 480 g/mol. The quantitative estimate of drug-likeness (QED) is 0.0866. The summed E-state index contributed by atoms with van der Waals surface area (Å²) in [7, 11) is 0. The maximum absolute atomic E-state index is 12.0. The van der Waals surface area contributed by atoms with Crippen LogP contribution in [0.2, 0.25) is 0 Å². The Kier molecular flexibility index (Phi) is 27.8. The molecule has 0 aromatic rings. The number of thioether (sulfide) groups is 1. The second-order valence-corrected chi connectivity index (χ2v) is 12.3. The number of hydrogen-bond acceptors (Lipinski definition) is 5. The summed E-state index contributed by atoms with van der Waals surface area (Å²) in [5.74, 6) is -1.49. The average Bonchev–Trinajstić information content (AvgIpc) is 2.87. The van der Waals surface area contributed by atoms with E-state index in [0.29, 0.717) is 11.5 Å². The highest BCUT2D eigenvalue weighted by atomic mass is 32.2. The molecule has 0 aliphatic rings. The second kappa shape index (κ2) is 28.3. The Hall–Kier alpha value is -0.710. The van der Waals surface area contributed by atoms with Crippen molar-refractivity contribution < 1.29 is 19.8 Å². The van der Waals surface area contributed by atoms with Crippen LogP contribution in [0.15, 0.2) is 0 Å². The van der Waals surface area contributed by atoms with Crippen LogP contribution in [-0.4, -0.2) is 23.4 Å². The Morgan fingerprint density at radius 3 is 1.24 bits per heavy atom. The summed E-state index contributed by atoms with van der Waals surface area (Å²) >= 11 is 1.42. The Balaban J connectivity index is 4.30. The van der Waals surface area contributed by atoms with E-state index in [1.807, 2.05) is 0 Å². The maximum Gasteiger partial charge on any atom is 0.0456 e. The standard InChI is InChI=1S/C32H62O4S/c1-3-5-7-9-11-13-15-17-19-21-23-25-29(30(32(35)36)28-37-27-26-31(33)34)24-22-20-18-16-14-12-10-8-6-4-2/h29-30H,3-28H2,1-2H3,(H,33,34)(H,35,36)/p-2. The van der Waals surface area contributed by atoms with Crippen LogP contribution in [0.3, 0.4) is 0 Å². The molecule has 0 rings (SSSR count). The Bertz CT molecular complexity index is 511. The van der Waals surface area contributed by atoms with Crippen molar-refractivity contribution in [3.8, 4) is 0 Å². The van der Waals surface area contributed by atoms with Crippen molar-refractivity contribution in [2.45, 2.75) is 168 Å². The lowest BCUT2D eigenvalue weighted by molar-refractivity contribution is -0.312. The first-order valence-electron chi connectivity index (χ1n) is 16.0. The molecule has 2 atom stereocenters. The third-order valence-corrected chi connectivity index (χ3v) is 8.81. The predicted octanol–water partition coefficient (Wildman–Crippen LogP) is 7.85. The van der Waals surface area contributed by atoms with Crippen molar-refractivity contribution in [1.82, 2.24) is 0 Å². The molecule has 0 fully saturated rings. The van der Waals surface area contributed by atoms with Gasteiger partial charge in [-0.2, -0.15) is 11.8 Å². The lowest BCUT2D eigenvalue weighted by atomic mass is 9.84. The second-order valence-electron chi connectivity index (χ2n) is 11.2. The first-order valence-corrected chi connectivity index (χ1v) is 17.2. The number of rotatable bonds is 30. The first-order chi connectivity index (χ1) is 18.0. The van der Waals surface area contributed by atoms with E-state index < -0.39 is 17.9 Å². The molecular formula is C32H60O4S-2. The fourth-order valence-corrected chi connectivity index (χ4v) is 6.41. The molecule has 0 N–H and O–H groups in total. The molecule has 0 bridgehead atoms. The fraction of sp³-hybridized carbons (Fsp3) is 0.938. The van der Waals surface area contributed by atoms with E-state index >= 15 is 0 Å². The van der Waals surface area contributed by atoms with Crippen LogP contribution in [0.1, 0.15) is 168 Å². The van der Waals surface area contributed by atoms with Crippen molar-refractivity contribution in [3.05, 3.63) is 0 Å². The molecule has 0 aromatic heterocycles. The highest BCUT2D eigenvalue weighted by molar-refractivity contribution is 7.99. The largest absolute Gasteiger partial charge is 0.550 e. The highest BCUT2D eigenvalue weighted by Crippen LogP contribution is 2.29. The molecule has 0 radical (unpaired) electrons. The van der Waals surface area contributed by atoms with Gasteiger partial charge in [0.25, 0.3) is 0 Å². The number of carbonyl (C=O) groups excluding carboxylic acids is 2. The maximum atomic E-state index is 12.0. The minimum absolute atomic E-state index is 0.0217. The molecule has 220 valence electrons. The van der Waals surface area contributed by atoms with Gasteiger partial charge in [0, 0.05) is 23.6 Å². The van der Waals surface area contributed by atoms with Crippen LogP contribution in [0.25, 0.3) is 0 Å². The molecule has 0 aliphatic heterocycles. The van der Waals surface area contributed by atoms with Crippen molar-refractivity contribution in [3.63, 3.8) is 0 Å². The van der Waals surface area contributed by atoms with Crippen LogP contribution in [-0.2, 0) is 9.59 Å². The molecule has 0 spiro atoms. The Morgan fingerprint density at radius 2 is 0.919 bits per heavy atom. The van der Waals surface area contributed by atoms with Gasteiger partial charge in [-0.15, -0.1) is 0 Å². The number of carboxylic acids is 2. The lowest BCUT2D eigenvalue weighted by Crippen LogP contribution is -2.38. The molecule has 0 heterocycles. The van der Waals surface area contributed by atoms with Crippen molar-refractivity contribution in [1.29, 1.82) is 0 Å². The smallest absolute Gasteiger partial charge is 0.0456 e. The van der Waals surface area contributed by atoms with E-state index in [1.54, 1.807) is 0 Å². The monoisotopic (exact) mass is 540 g/mol. The lowest BCUT2D eigenvalue weighted by Gasteiger charge is -2.28. The molecule has 4 nitrogen and oxygen atoms in total. The average molecular weight is 541 g/mol. The Labute approximate surface area is 234 Å². The summed E-state index contributed by atoms with van der Waals surface area (Å²) in [5.41, 5.74) is 0. The van der Waals surface area contributed by atoms with Gasteiger partial charge in [0.1, 0.15) is 0 Å². The summed E-state index contributed by atoms with van der Waals surface area (Å²) < 4.78 is 0. The van der Waals surface area contributed by atoms with Gasteiger partial charge in [0.05, 0.1) is 0 Å². The predicted molar refractivity (Wildman–Crippen MR) is 156 cm³/mol. The van der Waals surface area contributed by atoms with Crippen molar-refractivity contribution >= 4 is 23.7 Å². The minimum Gasteiger partial charge on any atom is -0.550 e. The number of unbranched alkanes of at least 4 members (excludes halogenated alkanes) is 19. The number of hydrogen-bond donors (Lipinski definition) is 0. The van der Waals surface area contributed by atoms with Crippen LogP contribution >= 0.6 is 11.8 Å². The zero-order valence-corrected chi connectivity index (χ0v) is 25.4. The van der Waals surface area contributed by atoms with Gasteiger partial charge in [-0.1, -0.05) is 149 Å². The molecule has 0 amide bonds. The summed E-state index contributed by atoms with van der Waals surface area (Å²) in [6.45, 7) is 4.51. The van der Waals surface area contributed by atoms with E-state index in [-0.39, 0.29) is 12.3 Å². The van der Waals surface area contributed by atoms with Gasteiger partial charge in [0.2, 0.25) is 0 Å². The summed E-state index contributed by atoms with van der Waals surface area (Å²) in [6.07, 6.45) is 29.0. The van der Waals surface area contributed by atoms with Crippen LogP contribution in [0, 0.1) is 11.8 Å². The van der Waals surface area contributed by atoms with Crippen LogP contribution in [0.5, 0.6) is 0 Å². The van der Waals surface area contributed by atoms with Gasteiger partial charge in [-0.05, 0) is 30.9 Å². The first kappa shape index (κ1) is 36.3. The van der Waals surface area contributed by atoms with E-state index in [1.165, 1.54) is 134 Å². The Morgan fingerprint density at radius 1 is 0.568 bits per heavy atom. The number of aliphatic carboxylic acids is 2. The highest BCUT2D eigenvalue weighted by Gasteiger charge is 2.22. The molecule has 0 aliphatic carbocycles. The third kappa shape index (κ3) is 25.3. The van der Waals surface area contributed by atoms with Gasteiger partial charge in [-0.25, -0.2) is 0 Å². The summed E-state index contributed by atoms with van der Waals surface area (Å²) in [5, 5.41) is 22.7. The molecule has 5 heteroatoms. The molecule has 0 aromatic carbocycles. The third-order valence-electron chi connectivity index (χ3n) is 7.73. The van der Waals surface area contributed by atoms with E-state index in [9.17, 15) is 19.8 Å². The minimum atomic E-state index is -1.07. The topological polar surface area (TPSA) is 80.3 Å². The fourth-order valence-electron chi connectivity index (χ4n) is 5.27. The van der Waals surface area contributed by atoms with Gasteiger partial charge >= 0.3 is 0 Å². The summed E-state index contributed by atoms with van der Waals surface area (Å²) in [4.78, 5) is 22.7. The molecule has 0 saturated carbocycles. The SMILES string of the molecule is CCCCCCCCCCCCCC(CCCCCCCCCCCC)C(CSCCC(=O)[O-])C(=O)[O-]. The molecule has 37 heavy (non-hydrogen) atoms. The zero-order chi connectivity index (χ0) is 27.4. The van der Waals surface area contributed by atoms with Gasteiger partial charge in [-0.3, -0.25) is 0 Å². The normalized spacial score (nSPS) is 13.0. The van der Waals surface area contributed by atoms with Crippen LogP contribution in [0.4, 0.5) is 0 Å². The molecule has 0 saturated heterocycles. The zero-order valence-electron chi connectivity index (χ0n) is 24.6. The van der Waals surface area contributed by atoms with Gasteiger partial charge in [0.15, 0.2) is 0 Å². The van der Waals surface area contributed by atoms with Crippen LogP contribution < -0.4 is 10.2 Å². The van der Waals surface area contributed by atoms with Crippen molar-refractivity contribution in [2.75, 3.05) is 11.5 Å². The molecule has 2 unspecified atom stereocenters. The van der Waals surface area contributed by atoms with E-state index in [0.717, 1.165) is 25.7 Å². The van der Waals surface area contributed by atoms with Gasteiger partial charge < -0.3 is 19.8 Å². The number of carbonyl (C=O) groups is 2. The van der Waals surface area contributed by atoms with E-state index in [4.69, 9.17) is 0 Å². The number of carboxylic acid groups (broad SMARTS) is 2. The summed E-state index contributed by atoms with van der Waals surface area (Å²) in [6, 6.07) is 0. The van der Waals surface area contributed by atoms with Crippen molar-refractivity contribution in [2.24, 2.45) is 11.8 Å². The van der Waals surface area contributed by atoms with E-state index in [2.05, 4.69) is 13.8 Å².